The summed E-state index contributed by atoms with van der Waals surface area (Å²) in [6.07, 6.45) is -2.38. The minimum atomic E-state index is -2.38. The lowest BCUT2D eigenvalue weighted by Gasteiger charge is -2.16. The first kappa shape index (κ1) is 11.1. The van der Waals surface area contributed by atoms with E-state index in [1.807, 2.05) is 0 Å². The van der Waals surface area contributed by atoms with Crippen LogP contribution in [0.25, 0.3) is 0 Å². The van der Waals surface area contributed by atoms with Crippen molar-refractivity contribution in [2.75, 3.05) is 18.5 Å². The summed E-state index contributed by atoms with van der Waals surface area (Å²) in [5, 5.41) is 7.52. The van der Waals surface area contributed by atoms with Gasteiger partial charge in [-0.15, -0.1) is 16.7 Å². The summed E-state index contributed by atoms with van der Waals surface area (Å²) in [6, 6.07) is 3.28. The Balaban J connectivity index is 2.66. The molecule has 0 unspecified atom stereocenters. The second kappa shape index (κ2) is 5.05. The summed E-state index contributed by atoms with van der Waals surface area (Å²) in [5.41, 5.74) is 0.626. The van der Waals surface area contributed by atoms with Gasteiger partial charge in [-0.25, -0.2) is 8.78 Å². The maximum absolute atomic E-state index is 12.0. The number of halogens is 3. The fourth-order valence-corrected chi connectivity index (χ4v) is 1.07. The van der Waals surface area contributed by atoms with E-state index in [0.29, 0.717) is 11.5 Å². The molecule has 0 aliphatic rings. The predicted molar refractivity (Wildman–Crippen MR) is 50.9 cm³/mol. The fourth-order valence-electron chi connectivity index (χ4n) is 0.928. The molecule has 0 spiro atoms. The van der Waals surface area contributed by atoms with Gasteiger partial charge >= 0.3 is 0 Å². The van der Waals surface area contributed by atoms with Gasteiger partial charge in [-0.3, -0.25) is 0 Å². The van der Waals surface area contributed by atoms with Gasteiger partial charge in [0.25, 0.3) is 6.43 Å². The summed E-state index contributed by atoms with van der Waals surface area (Å²) < 4.78 is 24.0. The van der Waals surface area contributed by atoms with Gasteiger partial charge in [0.15, 0.2) is 5.82 Å². The molecule has 1 aromatic heterocycles. The molecule has 3 nitrogen and oxygen atoms in total. The highest BCUT2D eigenvalue weighted by Crippen LogP contribution is 2.09. The van der Waals surface area contributed by atoms with Gasteiger partial charge in [-0.05, 0) is 12.1 Å². The van der Waals surface area contributed by atoms with Crippen LogP contribution in [0, 0.1) is 0 Å². The minimum absolute atomic E-state index is 0.270. The lowest BCUT2D eigenvalue weighted by atomic mass is 10.4. The Kier molecular flexibility index (Phi) is 4.00. The molecule has 0 bridgehead atoms. The summed E-state index contributed by atoms with van der Waals surface area (Å²) >= 11 is 5.51. The summed E-state index contributed by atoms with van der Waals surface area (Å²) in [7, 11) is 1.54. The van der Waals surface area contributed by atoms with Crippen molar-refractivity contribution in [2.24, 2.45) is 0 Å². The van der Waals surface area contributed by atoms with Crippen LogP contribution in [0.2, 0.25) is 0 Å². The normalized spacial score (nSPS) is 10.6. The standard InChI is InChI=1S/C8H10ClF2N3/c1-14(5-7(10)11)8-3-2-6(4-9)12-13-8/h2-3,7H,4-5H2,1H3. The lowest BCUT2D eigenvalue weighted by Crippen LogP contribution is -2.25. The van der Waals surface area contributed by atoms with E-state index < -0.39 is 6.43 Å². The molecule has 0 aromatic carbocycles. The Bertz CT molecular complexity index is 278. The third kappa shape index (κ3) is 3.06. The number of alkyl halides is 3. The molecule has 78 valence electrons. The third-order valence-electron chi connectivity index (χ3n) is 1.65. The van der Waals surface area contributed by atoms with Crippen LogP contribution in [0.4, 0.5) is 14.6 Å². The van der Waals surface area contributed by atoms with E-state index in [2.05, 4.69) is 10.2 Å². The van der Waals surface area contributed by atoms with Crippen molar-refractivity contribution in [2.45, 2.75) is 12.3 Å². The molecule has 1 aromatic rings. The van der Waals surface area contributed by atoms with Crippen molar-refractivity contribution >= 4 is 17.4 Å². The van der Waals surface area contributed by atoms with Crippen LogP contribution in [-0.4, -0.2) is 30.2 Å². The average Bonchev–Trinajstić information content (AvgIpc) is 2.17. The zero-order valence-corrected chi connectivity index (χ0v) is 8.38. The van der Waals surface area contributed by atoms with E-state index >= 15 is 0 Å². The smallest absolute Gasteiger partial charge is 0.255 e. The molecule has 0 aliphatic carbocycles. The third-order valence-corrected chi connectivity index (χ3v) is 1.92. The van der Waals surface area contributed by atoms with Crippen LogP contribution >= 0.6 is 11.6 Å². The van der Waals surface area contributed by atoms with Gasteiger partial charge in [-0.1, -0.05) is 0 Å². The first-order valence-electron chi connectivity index (χ1n) is 4.01. The van der Waals surface area contributed by atoms with Crippen LogP contribution in [0.15, 0.2) is 12.1 Å². The molecule has 1 rings (SSSR count). The van der Waals surface area contributed by atoms with E-state index in [0.717, 1.165) is 0 Å². The molecule has 0 atom stereocenters. The number of anilines is 1. The monoisotopic (exact) mass is 221 g/mol. The highest BCUT2D eigenvalue weighted by atomic mass is 35.5. The Labute approximate surface area is 85.7 Å². The van der Waals surface area contributed by atoms with Crippen molar-refractivity contribution < 1.29 is 8.78 Å². The second-order valence-electron chi connectivity index (χ2n) is 2.79. The Morgan fingerprint density at radius 3 is 2.57 bits per heavy atom. The van der Waals surface area contributed by atoms with Crippen LogP contribution < -0.4 is 4.90 Å². The van der Waals surface area contributed by atoms with Crippen LogP contribution in [0.3, 0.4) is 0 Å². The molecule has 0 radical (unpaired) electrons. The highest BCUT2D eigenvalue weighted by molar-refractivity contribution is 6.16. The van der Waals surface area contributed by atoms with Crippen molar-refractivity contribution in [3.05, 3.63) is 17.8 Å². The molecule has 0 saturated carbocycles. The molecule has 0 saturated heterocycles. The van der Waals surface area contributed by atoms with Gasteiger partial charge in [0.2, 0.25) is 0 Å². The summed E-state index contributed by atoms with van der Waals surface area (Å²) in [5.74, 6) is 0.686. The van der Waals surface area contributed by atoms with Crippen molar-refractivity contribution in [1.29, 1.82) is 0 Å². The van der Waals surface area contributed by atoms with Crippen molar-refractivity contribution in [1.82, 2.24) is 10.2 Å². The van der Waals surface area contributed by atoms with Gasteiger partial charge < -0.3 is 4.90 Å². The van der Waals surface area contributed by atoms with E-state index in [1.54, 1.807) is 12.1 Å². The molecule has 1 heterocycles. The first-order valence-corrected chi connectivity index (χ1v) is 4.54. The molecule has 6 heteroatoms. The molecular formula is C8H10ClF2N3. The maximum Gasteiger partial charge on any atom is 0.255 e. The Morgan fingerprint density at radius 2 is 2.14 bits per heavy atom. The number of rotatable bonds is 4. The maximum atomic E-state index is 12.0. The quantitative estimate of drug-likeness (QED) is 0.728. The zero-order chi connectivity index (χ0) is 10.6. The van der Waals surface area contributed by atoms with Crippen molar-refractivity contribution in [3.8, 4) is 0 Å². The SMILES string of the molecule is CN(CC(F)F)c1ccc(CCl)nn1. The van der Waals surface area contributed by atoms with E-state index in [-0.39, 0.29) is 12.4 Å². The Morgan fingerprint density at radius 1 is 1.43 bits per heavy atom. The van der Waals surface area contributed by atoms with Crippen LogP contribution in [-0.2, 0) is 5.88 Å². The van der Waals surface area contributed by atoms with E-state index in [9.17, 15) is 8.78 Å². The first-order chi connectivity index (χ1) is 6.63. The van der Waals surface area contributed by atoms with Gasteiger partial charge in [0, 0.05) is 7.05 Å². The summed E-state index contributed by atoms with van der Waals surface area (Å²) in [4.78, 5) is 1.34. The van der Waals surface area contributed by atoms with E-state index in [4.69, 9.17) is 11.6 Å². The molecule has 0 fully saturated rings. The number of aromatic nitrogens is 2. The molecule has 0 amide bonds. The number of hydrogen-bond acceptors (Lipinski definition) is 3. The molecule has 0 aliphatic heterocycles. The Hall–Kier alpha value is -0.970. The lowest BCUT2D eigenvalue weighted by molar-refractivity contribution is 0.156. The fraction of sp³-hybridized carbons (Fsp3) is 0.500. The number of hydrogen-bond donors (Lipinski definition) is 0. The largest absolute Gasteiger partial charge is 0.352 e. The predicted octanol–water partition coefficient (Wildman–Crippen LogP) is 1.92. The molecular weight excluding hydrogens is 212 g/mol. The van der Waals surface area contributed by atoms with Crippen LogP contribution in [0.5, 0.6) is 0 Å². The van der Waals surface area contributed by atoms with Gasteiger partial charge in [-0.2, -0.15) is 5.10 Å². The van der Waals surface area contributed by atoms with Crippen molar-refractivity contribution in [3.63, 3.8) is 0 Å². The topological polar surface area (TPSA) is 29.0 Å². The molecule has 0 N–H and O–H groups in total. The summed E-state index contributed by atoms with van der Waals surface area (Å²) in [6.45, 7) is -0.352. The van der Waals surface area contributed by atoms with E-state index in [1.165, 1.54) is 11.9 Å². The van der Waals surface area contributed by atoms with Gasteiger partial charge in [0.05, 0.1) is 18.1 Å². The highest BCUT2D eigenvalue weighted by Gasteiger charge is 2.09. The average molecular weight is 222 g/mol. The van der Waals surface area contributed by atoms with Crippen LogP contribution in [0.1, 0.15) is 5.69 Å². The number of nitrogens with zero attached hydrogens (tertiary/aromatic N) is 3. The zero-order valence-electron chi connectivity index (χ0n) is 7.62. The minimum Gasteiger partial charge on any atom is -0.352 e. The van der Waals surface area contributed by atoms with Gasteiger partial charge in [0.1, 0.15) is 0 Å². The second-order valence-corrected chi connectivity index (χ2v) is 3.06. The molecule has 14 heavy (non-hydrogen) atoms.